The minimum atomic E-state index is -5.03. The van der Waals surface area contributed by atoms with E-state index in [1.807, 2.05) is 0 Å². The van der Waals surface area contributed by atoms with Crippen LogP contribution >= 0.6 is 15.6 Å². The Morgan fingerprint density at radius 3 is 2.36 bits per heavy atom. The van der Waals surface area contributed by atoms with E-state index in [1.165, 1.54) is 21.8 Å². The number of nitrogens with two attached hydrogens (primary N) is 2. The summed E-state index contributed by atoms with van der Waals surface area (Å²) in [7, 11) is -10.0. The highest BCUT2D eigenvalue weighted by Crippen LogP contribution is 2.55. The van der Waals surface area contributed by atoms with Gasteiger partial charge in [0.2, 0.25) is 5.95 Å². The van der Waals surface area contributed by atoms with E-state index in [-0.39, 0.29) is 40.5 Å². The summed E-state index contributed by atoms with van der Waals surface area (Å²) in [5.74, 6) is -1.16. The van der Waals surface area contributed by atoms with E-state index in [4.69, 9.17) is 34.3 Å². The largest absolute Gasteiger partial charge is 0.472 e. The molecule has 1 aliphatic carbocycles. The number of phosphoric ester groups is 2. The molecule has 24 heteroatoms. The van der Waals surface area contributed by atoms with Crippen LogP contribution in [0.4, 0.5) is 11.8 Å². The molecule has 0 radical (unpaired) electrons. The highest BCUT2D eigenvalue weighted by atomic mass is 31.2. The average molecular weight is 672 g/mol. The highest BCUT2D eigenvalue weighted by Gasteiger charge is 2.53. The van der Waals surface area contributed by atoms with Crippen molar-refractivity contribution in [3.63, 3.8) is 0 Å². The van der Waals surface area contributed by atoms with Crippen LogP contribution in [-0.2, 0) is 32.0 Å². The number of aliphatic hydroxyl groups excluding tert-OH is 2. The van der Waals surface area contributed by atoms with E-state index >= 15 is 0 Å². The molecule has 2 saturated heterocycles. The van der Waals surface area contributed by atoms with Gasteiger partial charge < -0.3 is 40.8 Å². The van der Waals surface area contributed by atoms with Crippen molar-refractivity contribution in [2.24, 2.45) is 5.92 Å². The number of hydrogen-bond acceptors (Lipinski definition) is 17. The van der Waals surface area contributed by atoms with Gasteiger partial charge in [-0.05, 0) is 6.42 Å². The van der Waals surface area contributed by atoms with Crippen molar-refractivity contribution in [2.45, 2.75) is 49.2 Å². The number of hydrogen-bond donors (Lipinski definition) is 7. The van der Waals surface area contributed by atoms with Crippen LogP contribution in [0.25, 0.3) is 22.3 Å². The van der Waals surface area contributed by atoms with Crippen molar-refractivity contribution in [1.82, 2.24) is 39.0 Å². The van der Waals surface area contributed by atoms with Crippen molar-refractivity contribution in [3.05, 3.63) is 29.3 Å². The lowest BCUT2D eigenvalue weighted by molar-refractivity contribution is -0.0552. The smallest absolute Gasteiger partial charge is 0.390 e. The third-order valence-corrected chi connectivity index (χ3v) is 9.86. The number of aromatic amines is 1. The van der Waals surface area contributed by atoms with Crippen LogP contribution in [0.15, 0.2) is 23.8 Å². The minimum absolute atomic E-state index is 0.00383. The number of ether oxygens (including phenoxy) is 1. The maximum absolute atomic E-state index is 13.2. The van der Waals surface area contributed by atoms with Crippen molar-refractivity contribution < 1.29 is 52.0 Å². The van der Waals surface area contributed by atoms with Gasteiger partial charge in [0.05, 0.1) is 38.0 Å². The van der Waals surface area contributed by atoms with Crippen LogP contribution in [-0.4, -0.2) is 103 Å². The Morgan fingerprint density at radius 1 is 0.889 bits per heavy atom. The number of phosphoric acid groups is 2. The first-order chi connectivity index (χ1) is 21.3. The van der Waals surface area contributed by atoms with Crippen molar-refractivity contribution in [1.29, 1.82) is 0 Å². The van der Waals surface area contributed by atoms with Gasteiger partial charge in [-0.1, -0.05) is 0 Å². The zero-order valence-corrected chi connectivity index (χ0v) is 24.5. The van der Waals surface area contributed by atoms with Crippen LogP contribution in [0.3, 0.4) is 0 Å². The van der Waals surface area contributed by atoms with Crippen molar-refractivity contribution in [3.8, 4) is 0 Å². The molecule has 0 spiro atoms. The van der Waals surface area contributed by atoms with E-state index in [1.54, 1.807) is 0 Å². The Morgan fingerprint density at radius 2 is 1.58 bits per heavy atom. The number of fused-ring (bicyclic) bond motifs is 5. The van der Waals surface area contributed by atoms with E-state index < -0.39 is 83.1 Å². The zero-order chi connectivity index (χ0) is 31.8. The molecule has 2 aliphatic heterocycles. The first-order valence-electron chi connectivity index (χ1n) is 13.3. The van der Waals surface area contributed by atoms with Crippen molar-refractivity contribution in [2.75, 3.05) is 24.7 Å². The molecule has 6 heterocycles. The monoisotopic (exact) mass is 672 g/mol. The predicted molar refractivity (Wildman–Crippen MR) is 147 cm³/mol. The van der Waals surface area contributed by atoms with Gasteiger partial charge in [-0.15, -0.1) is 0 Å². The molecular formula is C21H26N10O12P2. The molecule has 7 rings (SSSR count). The standard InChI is InChI=1S/C21H26N10O12P2/c22-16-10-17(25-4-24-16)31(6-26-10)20-13(33)15-9(41-20)3-40-45(37,38)42-14-8(1-7(12(14)32)2-39-44(35,36)43-15)30-5-27-11-18(30)28-21(23)29-19(11)34/h4-9,12-15,20,32-33H,1-3H2,(H,35,36)(H,37,38)(H2,22,24,25)(H3,23,28,29,34)/t7-,8-,9-,12?,13?,14?,15+,20-/m1/s1. The van der Waals surface area contributed by atoms with Crippen LogP contribution in [0.2, 0.25) is 0 Å². The molecule has 4 aromatic rings. The van der Waals surface area contributed by atoms with Crippen LogP contribution in [0, 0.1) is 5.92 Å². The molecule has 10 atom stereocenters. The Hall–Kier alpha value is -3.40. The number of rotatable bonds is 2. The summed E-state index contributed by atoms with van der Waals surface area (Å²) in [6, 6.07) is -0.996. The topological polar surface area (TPSA) is 320 Å². The zero-order valence-electron chi connectivity index (χ0n) is 22.7. The molecule has 2 bridgehead atoms. The lowest BCUT2D eigenvalue weighted by atomic mass is 10.1. The van der Waals surface area contributed by atoms with E-state index in [9.17, 15) is 33.9 Å². The van der Waals surface area contributed by atoms with Gasteiger partial charge in [0, 0.05) is 5.92 Å². The molecule has 3 aliphatic rings. The maximum Gasteiger partial charge on any atom is 0.472 e. The van der Waals surface area contributed by atoms with Gasteiger partial charge in [0.1, 0.15) is 36.3 Å². The number of nitrogens with one attached hydrogen (secondary N) is 1. The third kappa shape index (κ3) is 5.32. The van der Waals surface area contributed by atoms with E-state index in [0.717, 1.165) is 6.33 Å². The number of anilines is 2. The first kappa shape index (κ1) is 30.3. The second-order valence-corrected chi connectivity index (χ2v) is 13.4. The fourth-order valence-electron chi connectivity index (χ4n) is 5.83. The molecule has 0 amide bonds. The summed E-state index contributed by atoms with van der Waals surface area (Å²) in [5.41, 5.74) is 11.1. The number of aliphatic hydroxyl groups is 2. The summed E-state index contributed by atoms with van der Waals surface area (Å²) < 4.78 is 56.0. The molecule has 1 saturated carbocycles. The van der Waals surface area contributed by atoms with Gasteiger partial charge in [0.15, 0.2) is 28.9 Å². The van der Waals surface area contributed by atoms with Gasteiger partial charge in [0.25, 0.3) is 5.56 Å². The average Bonchev–Trinajstić information content (AvgIpc) is 3.72. The summed E-state index contributed by atoms with van der Waals surface area (Å²) >= 11 is 0. The molecule has 0 aromatic carbocycles. The van der Waals surface area contributed by atoms with Gasteiger partial charge in [-0.2, -0.15) is 4.98 Å². The molecule has 3 fully saturated rings. The number of H-pyrrole nitrogens is 1. The molecular weight excluding hydrogens is 646 g/mol. The second kappa shape index (κ2) is 10.9. The molecule has 45 heavy (non-hydrogen) atoms. The fraction of sp³-hybridized carbons (Fsp3) is 0.524. The van der Waals surface area contributed by atoms with E-state index in [0.29, 0.717) is 0 Å². The van der Waals surface area contributed by atoms with Crippen LogP contribution in [0.1, 0.15) is 18.7 Å². The molecule has 5 unspecified atom stereocenters. The Kier molecular flexibility index (Phi) is 7.30. The van der Waals surface area contributed by atoms with Crippen LogP contribution in [0.5, 0.6) is 0 Å². The molecule has 22 nitrogen and oxygen atoms in total. The highest BCUT2D eigenvalue weighted by molar-refractivity contribution is 7.47. The Labute approximate surface area is 250 Å². The quantitative estimate of drug-likeness (QED) is 0.117. The Balaban J connectivity index is 1.21. The van der Waals surface area contributed by atoms with E-state index in [2.05, 4.69) is 29.9 Å². The van der Waals surface area contributed by atoms with Gasteiger partial charge >= 0.3 is 15.6 Å². The summed E-state index contributed by atoms with van der Waals surface area (Å²) in [6.45, 7) is -1.39. The molecule has 4 aromatic heterocycles. The third-order valence-electron chi connectivity index (χ3n) is 7.89. The molecule has 242 valence electrons. The predicted octanol–water partition coefficient (Wildman–Crippen LogP) is -1.68. The van der Waals surface area contributed by atoms with Gasteiger partial charge in [-0.3, -0.25) is 32.4 Å². The number of nitrogens with zero attached hydrogens (tertiary/aromatic N) is 7. The van der Waals surface area contributed by atoms with Crippen molar-refractivity contribution >= 4 is 49.7 Å². The summed E-state index contributed by atoms with van der Waals surface area (Å²) in [6.07, 6.45) is -5.58. The number of imidazole rings is 2. The summed E-state index contributed by atoms with van der Waals surface area (Å²) in [5, 5.41) is 22.3. The fourth-order valence-corrected chi connectivity index (χ4v) is 7.81. The molecule has 9 N–H and O–H groups in total. The SMILES string of the molecule is Nc1nc2c(ncn2[C@@H]2C[C@@H]3COP(=O)(O)O[C@@H]4C(O)[C@H](n5cnc6c(N)ncnc65)O[C@@H]4COP(=O)(O)OC2C3O)c(=O)[nH]1. The number of nitrogen functional groups attached to an aromatic ring is 2. The lowest BCUT2D eigenvalue weighted by Gasteiger charge is -2.26. The first-order valence-corrected chi connectivity index (χ1v) is 16.3. The summed E-state index contributed by atoms with van der Waals surface area (Å²) in [4.78, 5) is 56.2. The van der Waals surface area contributed by atoms with Crippen LogP contribution < -0.4 is 17.0 Å². The Bertz CT molecular complexity index is 1940. The number of aromatic nitrogens is 8. The van der Waals surface area contributed by atoms with Gasteiger partial charge in [-0.25, -0.2) is 29.1 Å². The maximum atomic E-state index is 13.2. The lowest BCUT2D eigenvalue weighted by Crippen LogP contribution is -2.36. The minimum Gasteiger partial charge on any atom is -0.390 e. The normalized spacial score (nSPS) is 37.7. The second-order valence-electron chi connectivity index (χ2n) is 10.6.